The molecule has 0 aliphatic rings. The average molecular weight is 383 g/mol. The van der Waals surface area contributed by atoms with Crippen molar-refractivity contribution in [3.63, 3.8) is 0 Å². The van der Waals surface area contributed by atoms with Crippen LogP contribution >= 0.6 is 33.9 Å². The van der Waals surface area contributed by atoms with Gasteiger partial charge in [0.1, 0.15) is 10.9 Å². The standard InChI is InChI=1S/C14H10INO2S/c1-2-18-14(17)13-12(10(7-16)8-19-13)9-3-5-11(15)6-4-9/h3-6,8H,2H2,1H3. The second-order valence-corrected chi connectivity index (χ2v) is 5.82. The second-order valence-electron chi connectivity index (χ2n) is 3.69. The molecule has 5 heteroatoms. The molecule has 0 spiro atoms. The maximum absolute atomic E-state index is 11.9. The molecule has 0 unspecified atom stereocenters. The van der Waals surface area contributed by atoms with Crippen LogP contribution in [0, 0.1) is 14.9 Å². The number of hydrogen-bond acceptors (Lipinski definition) is 4. The van der Waals surface area contributed by atoms with E-state index >= 15 is 0 Å². The summed E-state index contributed by atoms with van der Waals surface area (Å²) >= 11 is 3.46. The van der Waals surface area contributed by atoms with Gasteiger partial charge in [-0.1, -0.05) is 12.1 Å². The minimum atomic E-state index is -0.373. The zero-order valence-electron chi connectivity index (χ0n) is 10.1. The summed E-state index contributed by atoms with van der Waals surface area (Å²) in [5.74, 6) is -0.373. The Hall–Kier alpha value is -1.39. The van der Waals surface area contributed by atoms with E-state index in [0.717, 1.165) is 9.13 Å². The summed E-state index contributed by atoms with van der Waals surface area (Å²) in [5, 5.41) is 10.9. The van der Waals surface area contributed by atoms with Crippen molar-refractivity contribution in [3.05, 3.63) is 43.7 Å². The van der Waals surface area contributed by atoms with Gasteiger partial charge in [0.05, 0.1) is 12.2 Å². The minimum absolute atomic E-state index is 0.324. The maximum Gasteiger partial charge on any atom is 0.348 e. The van der Waals surface area contributed by atoms with Crippen LogP contribution in [0.5, 0.6) is 0 Å². The Labute approximate surface area is 129 Å². The van der Waals surface area contributed by atoms with E-state index in [4.69, 9.17) is 10.00 Å². The highest BCUT2D eigenvalue weighted by molar-refractivity contribution is 14.1. The first-order valence-electron chi connectivity index (χ1n) is 5.62. The number of ether oxygens (including phenoxy) is 1. The van der Waals surface area contributed by atoms with Crippen molar-refractivity contribution in [2.24, 2.45) is 0 Å². The molecule has 0 N–H and O–H groups in total. The molecule has 0 aliphatic heterocycles. The average Bonchev–Trinajstić information content (AvgIpc) is 2.83. The Bertz CT molecular complexity index is 640. The zero-order valence-corrected chi connectivity index (χ0v) is 13.1. The van der Waals surface area contributed by atoms with Crippen LogP contribution in [0.15, 0.2) is 29.6 Å². The maximum atomic E-state index is 11.9. The topological polar surface area (TPSA) is 50.1 Å². The third-order valence-corrected chi connectivity index (χ3v) is 4.18. The molecule has 96 valence electrons. The summed E-state index contributed by atoms with van der Waals surface area (Å²) in [6, 6.07) is 9.84. The van der Waals surface area contributed by atoms with E-state index in [1.54, 1.807) is 12.3 Å². The molecule has 0 amide bonds. The molecule has 3 nitrogen and oxygen atoms in total. The SMILES string of the molecule is CCOC(=O)c1scc(C#N)c1-c1ccc(I)cc1. The number of rotatable bonds is 3. The second kappa shape index (κ2) is 6.17. The lowest BCUT2D eigenvalue weighted by atomic mass is 10.0. The van der Waals surface area contributed by atoms with Crippen molar-refractivity contribution < 1.29 is 9.53 Å². The highest BCUT2D eigenvalue weighted by Gasteiger charge is 2.20. The van der Waals surface area contributed by atoms with Crippen LogP contribution in [-0.4, -0.2) is 12.6 Å². The Morgan fingerprint density at radius 2 is 2.11 bits per heavy atom. The van der Waals surface area contributed by atoms with E-state index in [2.05, 4.69) is 28.7 Å². The van der Waals surface area contributed by atoms with Gasteiger partial charge in [-0.15, -0.1) is 11.3 Å². The molecule has 0 fully saturated rings. The van der Waals surface area contributed by atoms with E-state index in [1.807, 2.05) is 24.3 Å². The highest BCUT2D eigenvalue weighted by Crippen LogP contribution is 2.33. The number of nitriles is 1. The molecular weight excluding hydrogens is 373 g/mol. The first-order chi connectivity index (χ1) is 9.17. The fourth-order valence-corrected chi connectivity index (χ4v) is 2.96. The van der Waals surface area contributed by atoms with E-state index in [0.29, 0.717) is 22.6 Å². The first kappa shape index (κ1) is 14.0. The largest absolute Gasteiger partial charge is 0.462 e. The Balaban J connectivity index is 2.54. The molecule has 0 aliphatic carbocycles. The molecule has 0 saturated heterocycles. The molecule has 0 saturated carbocycles. The fraction of sp³-hybridized carbons (Fsp3) is 0.143. The summed E-state index contributed by atoms with van der Waals surface area (Å²) in [6.45, 7) is 2.09. The Morgan fingerprint density at radius 3 is 2.68 bits per heavy atom. The number of hydrogen-bond donors (Lipinski definition) is 0. The van der Waals surface area contributed by atoms with Crippen LogP contribution in [0.25, 0.3) is 11.1 Å². The third kappa shape index (κ3) is 2.96. The van der Waals surface area contributed by atoms with Gasteiger partial charge in [0.15, 0.2) is 0 Å². The van der Waals surface area contributed by atoms with Crippen LogP contribution < -0.4 is 0 Å². The van der Waals surface area contributed by atoms with Crippen molar-refractivity contribution in [1.82, 2.24) is 0 Å². The molecule has 2 rings (SSSR count). The summed E-state index contributed by atoms with van der Waals surface area (Å²) in [7, 11) is 0. The monoisotopic (exact) mass is 383 g/mol. The number of carbonyl (C=O) groups is 1. The Morgan fingerprint density at radius 1 is 1.42 bits per heavy atom. The van der Waals surface area contributed by atoms with Gasteiger partial charge in [-0.25, -0.2) is 4.79 Å². The lowest BCUT2D eigenvalue weighted by molar-refractivity contribution is 0.0533. The first-order valence-corrected chi connectivity index (χ1v) is 7.57. The Kier molecular flexibility index (Phi) is 4.56. The van der Waals surface area contributed by atoms with Gasteiger partial charge < -0.3 is 4.74 Å². The van der Waals surface area contributed by atoms with Gasteiger partial charge in [0, 0.05) is 14.5 Å². The van der Waals surface area contributed by atoms with E-state index in [9.17, 15) is 4.79 Å². The van der Waals surface area contributed by atoms with Crippen LogP contribution in [0.1, 0.15) is 22.2 Å². The van der Waals surface area contributed by atoms with Crippen LogP contribution in [0.4, 0.5) is 0 Å². The number of thiophene rings is 1. The summed E-state index contributed by atoms with van der Waals surface area (Å²) in [6.07, 6.45) is 0. The number of carbonyl (C=O) groups excluding carboxylic acids is 1. The molecule has 1 heterocycles. The molecule has 0 atom stereocenters. The van der Waals surface area contributed by atoms with Crippen molar-refractivity contribution in [2.75, 3.05) is 6.61 Å². The molecule has 0 bridgehead atoms. The normalized spacial score (nSPS) is 9.95. The lowest BCUT2D eigenvalue weighted by Crippen LogP contribution is -2.04. The van der Waals surface area contributed by atoms with Crippen molar-refractivity contribution in [2.45, 2.75) is 6.92 Å². The molecule has 1 aromatic heterocycles. The van der Waals surface area contributed by atoms with Gasteiger partial charge >= 0.3 is 5.97 Å². The quantitative estimate of drug-likeness (QED) is 0.593. The number of esters is 1. The number of halogens is 1. The van der Waals surface area contributed by atoms with E-state index < -0.39 is 0 Å². The van der Waals surface area contributed by atoms with Gasteiger partial charge in [-0.2, -0.15) is 5.26 Å². The molecule has 1 aromatic carbocycles. The van der Waals surface area contributed by atoms with Crippen molar-refractivity contribution >= 4 is 39.9 Å². The molecule has 19 heavy (non-hydrogen) atoms. The predicted octanol–water partition coefficient (Wildman–Crippen LogP) is 4.07. The zero-order chi connectivity index (χ0) is 13.8. The molecule has 0 radical (unpaired) electrons. The van der Waals surface area contributed by atoms with Crippen molar-refractivity contribution in [1.29, 1.82) is 5.26 Å². The van der Waals surface area contributed by atoms with Gasteiger partial charge in [0.25, 0.3) is 0 Å². The van der Waals surface area contributed by atoms with E-state index in [-0.39, 0.29) is 5.97 Å². The third-order valence-electron chi connectivity index (χ3n) is 2.51. The lowest BCUT2D eigenvalue weighted by Gasteiger charge is -2.05. The van der Waals surface area contributed by atoms with Crippen molar-refractivity contribution in [3.8, 4) is 17.2 Å². The number of nitrogens with zero attached hydrogens (tertiary/aromatic N) is 1. The van der Waals surface area contributed by atoms with Gasteiger partial charge in [-0.3, -0.25) is 0 Å². The molecule has 2 aromatic rings. The summed E-state index contributed by atoms with van der Waals surface area (Å²) in [5.41, 5.74) is 2.04. The number of benzene rings is 1. The van der Waals surface area contributed by atoms with Gasteiger partial charge in [-0.05, 0) is 47.2 Å². The van der Waals surface area contributed by atoms with Crippen LogP contribution in [0.3, 0.4) is 0 Å². The summed E-state index contributed by atoms with van der Waals surface area (Å²) < 4.78 is 6.14. The van der Waals surface area contributed by atoms with Gasteiger partial charge in [0.2, 0.25) is 0 Å². The summed E-state index contributed by atoms with van der Waals surface area (Å²) in [4.78, 5) is 12.4. The fourth-order valence-electron chi connectivity index (χ4n) is 1.69. The molecular formula is C14H10INO2S. The van der Waals surface area contributed by atoms with E-state index in [1.165, 1.54) is 11.3 Å². The highest BCUT2D eigenvalue weighted by atomic mass is 127. The van der Waals surface area contributed by atoms with Crippen LogP contribution in [0.2, 0.25) is 0 Å². The minimum Gasteiger partial charge on any atom is -0.462 e. The predicted molar refractivity (Wildman–Crippen MR) is 83.1 cm³/mol. The smallest absolute Gasteiger partial charge is 0.348 e. The van der Waals surface area contributed by atoms with Crippen LogP contribution in [-0.2, 0) is 4.74 Å².